The van der Waals surface area contributed by atoms with Crippen molar-refractivity contribution in [3.8, 4) is 0 Å². The van der Waals surface area contributed by atoms with Crippen LogP contribution in [0.2, 0.25) is 0 Å². The molecule has 8 N–H and O–H groups in total. The van der Waals surface area contributed by atoms with Crippen molar-refractivity contribution in [2.24, 2.45) is 17.6 Å². The zero-order chi connectivity index (χ0) is 25.3. The number of nitrogens with one attached hydrogen (secondary N) is 4. The summed E-state index contributed by atoms with van der Waals surface area (Å²) in [5.74, 6) is -3.53. The molecule has 0 saturated heterocycles. The van der Waals surface area contributed by atoms with Crippen LogP contribution in [-0.4, -0.2) is 74.1 Å². The Labute approximate surface area is 193 Å². The first kappa shape index (κ1) is 28.0. The van der Waals surface area contributed by atoms with E-state index >= 15 is 0 Å². The van der Waals surface area contributed by atoms with Crippen LogP contribution < -0.4 is 21.7 Å². The fourth-order valence-electron chi connectivity index (χ4n) is 3.14. The zero-order valence-electron chi connectivity index (χ0n) is 19.7. The molecule has 0 radical (unpaired) electrons. The number of nitrogens with zero attached hydrogens (tertiary/aromatic N) is 1. The molecule has 5 atom stereocenters. The summed E-state index contributed by atoms with van der Waals surface area (Å²) in [4.78, 5) is 56.1. The highest BCUT2D eigenvalue weighted by Gasteiger charge is 2.34. The van der Waals surface area contributed by atoms with E-state index < -0.39 is 54.0 Å². The molecule has 0 aromatic carbocycles. The SMILES string of the molecule is CC(C)CC(N)C(=O)NC(C(=O)NC(C(=O)NC(Cc1cnc[nH]1)C(=O)O)C(C)O)C(C)C. The first-order valence-corrected chi connectivity index (χ1v) is 10.9. The summed E-state index contributed by atoms with van der Waals surface area (Å²) in [6, 6.07) is -4.56. The molecule has 186 valence electrons. The summed E-state index contributed by atoms with van der Waals surface area (Å²) in [7, 11) is 0. The van der Waals surface area contributed by atoms with Gasteiger partial charge in [0, 0.05) is 18.3 Å². The Bertz CT molecular complexity index is 795. The van der Waals surface area contributed by atoms with E-state index in [1.54, 1.807) is 13.8 Å². The Morgan fingerprint density at radius 2 is 1.58 bits per heavy atom. The van der Waals surface area contributed by atoms with E-state index in [1.165, 1.54) is 19.4 Å². The fraction of sp³-hybridized carbons (Fsp3) is 0.667. The molecule has 0 aliphatic heterocycles. The van der Waals surface area contributed by atoms with Gasteiger partial charge in [0.2, 0.25) is 17.7 Å². The van der Waals surface area contributed by atoms with E-state index in [4.69, 9.17) is 5.73 Å². The number of carboxylic acids is 1. The number of amides is 3. The van der Waals surface area contributed by atoms with Crippen LogP contribution in [0.15, 0.2) is 12.5 Å². The number of carboxylic acid groups (broad SMARTS) is 1. The molecule has 0 fully saturated rings. The molecular weight excluding hydrogens is 432 g/mol. The molecule has 12 nitrogen and oxygen atoms in total. The van der Waals surface area contributed by atoms with E-state index in [-0.39, 0.29) is 18.3 Å². The summed E-state index contributed by atoms with van der Waals surface area (Å²) in [5, 5.41) is 26.9. The third-order valence-electron chi connectivity index (χ3n) is 4.97. The molecule has 5 unspecified atom stereocenters. The standard InChI is InChI=1S/C21H36N6O6/c1-10(2)6-14(22)18(29)26-16(11(3)4)19(30)27-17(12(5)28)20(31)25-15(21(32)33)7-13-8-23-9-24-13/h8-12,14-17,28H,6-7,22H2,1-5H3,(H,23,24)(H,25,31)(H,26,29)(H,27,30)(H,32,33). The van der Waals surface area contributed by atoms with Crippen LogP contribution in [0.3, 0.4) is 0 Å². The molecule has 33 heavy (non-hydrogen) atoms. The maximum Gasteiger partial charge on any atom is 0.326 e. The number of rotatable bonds is 13. The highest BCUT2D eigenvalue weighted by Crippen LogP contribution is 2.08. The number of aliphatic carboxylic acids is 1. The predicted octanol–water partition coefficient (Wildman–Crippen LogP) is -1.10. The van der Waals surface area contributed by atoms with Gasteiger partial charge in [0.05, 0.1) is 18.5 Å². The molecule has 1 aromatic rings. The summed E-state index contributed by atoms with van der Waals surface area (Å²) in [6.07, 6.45) is 1.84. The Kier molecular flexibility index (Phi) is 11.0. The topological polar surface area (TPSA) is 200 Å². The number of hydrogen-bond donors (Lipinski definition) is 7. The molecule has 1 aromatic heterocycles. The van der Waals surface area contributed by atoms with Crippen LogP contribution in [-0.2, 0) is 25.6 Å². The minimum Gasteiger partial charge on any atom is -0.480 e. The number of aliphatic hydroxyl groups is 1. The Balaban J connectivity index is 2.89. The lowest BCUT2D eigenvalue weighted by atomic mass is 9.99. The Morgan fingerprint density at radius 3 is 2.03 bits per heavy atom. The van der Waals surface area contributed by atoms with Crippen LogP contribution >= 0.6 is 0 Å². The molecule has 0 bridgehead atoms. The van der Waals surface area contributed by atoms with Gasteiger partial charge in [0.1, 0.15) is 18.1 Å². The van der Waals surface area contributed by atoms with Crippen LogP contribution in [0.1, 0.15) is 46.7 Å². The van der Waals surface area contributed by atoms with Crippen molar-refractivity contribution in [1.82, 2.24) is 25.9 Å². The van der Waals surface area contributed by atoms with Crippen molar-refractivity contribution in [3.63, 3.8) is 0 Å². The Morgan fingerprint density at radius 1 is 1.00 bits per heavy atom. The van der Waals surface area contributed by atoms with E-state index in [0.29, 0.717) is 12.1 Å². The van der Waals surface area contributed by atoms with Gasteiger partial charge >= 0.3 is 5.97 Å². The molecule has 12 heteroatoms. The number of nitrogens with two attached hydrogens (primary N) is 1. The van der Waals surface area contributed by atoms with Gasteiger partial charge in [0.25, 0.3) is 0 Å². The van der Waals surface area contributed by atoms with Gasteiger partial charge in [-0.25, -0.2) is 9.78 Å². The number of aromatic amines is 1. The smallest absolute Gasteiger partial charge is 0.326 e. The zero-order valence-corrected chi connectivity index (χ0v) is 19.7. The minimum absolute atomic E-state index is 0.0695. The van der Waals surface area contributed by atoms with Gasteiger partial charge in [-0.1, -0.05) is 27.7 Å². The molecule has 0 spiro atoms. The molecule has 0 saturated carbocycles. The molecule has 0 aliphatic rings. The van der Waals surface area contributed by atoms with Crippen LogP contribution in [0.4, 0.5) is 0 Å². The number of carbonyl (C=O) groups excluding carboxylic acids is 3. The van der Waals surface area contributed by atoms with Crippen molar-refractivity contribution >= 4 is 23.7 Å². The highest BCUT2D eigenvalue weighted by atomic mass is 16.4. The second-order valence-electron chi connectivity index (χ2n) is 8.87. The maximum absolute atomic E-state index is 12.9. The minimum atomic E-state index is -1.44. The van der Waals surface area contributed by atoms with E-state index in [1.807, 2.05) is 13.8 Å². The molecular formula is C21H36N6O6. The van der Waals surface area contributed by atoms with Crippen molar-refractivity contribution in [2.45, 2.75) is 77.7 Å². The first-order valence-electron chi connectivity index (χ1n) is 10.9. The van der Waals surface area contributed by atoms with Gasteiger partial charge in [-0.2, -0.15) is 0 Å². The average molecular weight is 469 g/mol. The number of carbonyl (C=O) groups is 4. The lowest BCUT2D eigenvalue weighted by Gasteiger charge is -2.28. The fourth-order valence-corrected chi connectivity index (χ4v) is 3.14. The van der Waals surface area contributed by atoms with Crippen molar-refractivity contribution < 1.29 is 29.4 Å². The normalized spacial score (nSPS) is 15.9. The van der Waals surface area contributed by atoms with Crippen LogP contribution in [0.5, 0.6) is 0 Å². The second kappa shape index (κ2) is 12.9. The molecule has 1 rings (SSSR count). The second-order valence-corrected chi connectivity index (χ2v) is 8.87. The number of aliphatic hydroxyl groups excluding tert-OH is 1. The summed E-state index contributed by atoms with van der Waals surface area (Å²) < 4.78 is 0. The van der Waals surface area contributed by atoms with Gasteiger partial charge in [-0.05, 0) is 25.2 Å². The van der Waals surface area contributed by atoms with Crippen molar-refractivity contribution in [2.75, 3.05) is 0 Å². The molecule has 0 aliphatic carbocycles. The van der Waals surface area contributed by atoms with Crippen LogP contribution in [0, 0.1) is 11.8 Å². The monoisotopic (exact) mass is 468 g/mol. The third-order valence-corrected chi connectivity index (χ3v) is 4.97. The van der Waals surface area contributed by atoms with Crippen molar-refractivity contribution in [1.29, 1.82) is 0 Å². The molecule has 3 amide bonds. The lowest BCUT2D eigenvalue weighted by Crippen LogP contribution is -2.61. The van der Waals surface area contributed by atoms with Crippen molar-refractivity contribution in [3.05, 3.63) is 18.2 Å². The number of imidazole rings is 1. The predicted molar refractivity (Wildman–Crippen MR) is 120 cm³/mol. The maximum atomic E-state index is 12.9. The van der Waals surface area contributed by atoms with Gasteiger partial charge in [-0.15, -0.1) is 0 Å². The highest BCUT2D eigenvalue weighted by molar-refractivity contribution is 5.94. The summed E-state index contributed by atoms with van der Waals surface area (Å²) in [5.41, 5.74) is 6.38. The largest absolute Gasteiger partial charge is 0.480 e. The van der Waals surface area contributed by atoms with Gasteiger partial charge in [0.15, 0.2) is 0 Å². The van der Waals surface area contributed by atoms with E-state index in [9.17, 15) is 29.4 Å². The van der Waals surface area contributed by atoms with E-state index in [2.05, 4.69) is 25.9 Å². The van der Waals surface area contributed by atoms with Crippen LogP contribution in [0.25, 0.3) is 0 Å². The van der Waals surface area contributed by atoms with Gasteiger partial charge in [-0.3, -0.25) is 14.4 Å². The summed E-state index contributed by atoms with van der Waals surface area (Å²) in [6.45, 7) is 8.54. The molecule has 1 heterocycles. The summed E-state index contributed by atoms with van der Waals surface area (Å²) >= 11 is 0. The number of aromatic nitrogens is 2. The quantitative estimate of drug-likeness (QED) is 0.189. The number of H-pyrrole nitrogens is 1. The Hall–Kier alpha value is -2.99. The van der Waals surface area contributed by atoms with E-state index in [0.717, 1.165) is 0 Å². The van der Waals surface area contributed by atoms with Gasteiger partial charge < -0.3 is 36.9 Å². The lowest BCUT2D eigenvalue weighted by molar-refractivity contribution is -0.143. The average Bonchev–Trinajstić information content (AvgIpc) is 3.21. The third kappa shape index (κ3) is 9.18. The first-order chi connectivity index (χ1) is 15.3. The number of hydrogen-bond acceptors (Lipinski definition) is 7.